The van der Waals surface area contributed by atoms with Crippen molar-refractivity contribution in [3.8, 4) is 55.9 Å². The zero-order valence-corrected chi connectivity index (χ0v) is 88.4. The third kappa shape index (κ3) is 21.8. The standard InChI is InChI=1S/C132H159BN4/c1-122(2,3)74-84-38-34-42-92(58-84)101-72-115(103(66-96(101)82-130(25,26)27)94-44-36-40-86(60-94)76-124(7,8)9)136-117-70-99(134-111-54-46-88(78-126(13,14)15)62-105(111)106-63-89(47-55-112(106)134)79-127(16,17)18)50-52-109(117)133-110-53-51-100(135-113-56-48-90(80-128(19,20)21)64-107(113)108-65-91(49-57-114(108)135)81-129(22,23)24)71-118(110)137(120-69-98(132(31,32)33)68-119(136)121(120)133)116-73-102(93-43-35-39-85(59-93)75-123(4,5)6)97(83-131(28,29)30)67-104(116)95-45-37-41-87(61-95)77-125(10,11)12/h34-73H,74-83H2,1-33H3/i74D2,75D2,76D2,77D2,78D2,79D2,80D2,81D2. The Morgan fingerprint density at radius 1 is 0.226 bits per heavy atom. The van der Waals surface area contributed by atoms with Gasteiger partial charge in [-0.25, -0.2) is 0 Å². The molecule has 2 aromatic heterocycles. The number of aromatic nitrogens is 2. The molecule has 0 fully saturated rings. The summed E-state index contributed by atoms with van der Waals surface area (Å²) in [6.07, 6.45) is -13.6. The largest absolute Gasteiger partial charge is 0.311 e. The third-order valence-electron chi connectivity index (χ3n) is 25.2. The van der Waals surface area contributed by atoms with Gasteiger partial charge in [-0.3, -0.25) is 0 Å². The van der Waals surface area contributed by atoms with Gasteiger partial charge in [0, 0.05) is 88.7 Å². The van der Waals surface area contributed by atoms with Crippen molar-refractivity contribution in [3.05, 3.63) is 304 Å². The quantitative estimate of drug-likeness (QED) is 0.0796. The first-order valence-electron chi connectivity index (χ1n) is 57.9. The van der Waals surface area contributed by atoms with E-state index in [1.54, 1.807) is 0 Å². The van der Waals surface area contributed by atoms with Gasteiger partial charge in [0.05, 0.1) is 33.4 Å². The molecule has 15 aromatic rings. The summed E-state index contributed by atoms with van der Waals surface area (Å²) in [7, 11) is 0. The fourth-order valence-corrected chi connectivity index (χ4v) is 20.7. The molecule has 4 nitrogen and oxygen atoms in total. The maximum atomic E-state index is 10.2. The maximum Gasteiger partial charge on any atom is 0.252 e. The van der Waals surface area contributed by atoms with E-state index in [0.29, 0.717) is 57.3 Å². The zero-order valence-electron chi connectivity index (χ0n) is 104. The van der Waals surface area contributed by atoms with Crippen molar-refractivity contribution in [1.29, 1.82) is 0 Å². The van der Waals surface area contributed by atoms with Crippen molar-refractivity contribution in [3.63, 3.8) is 0 Å². The van der Waals surface area contributed by atoms with Crippen molar-refractivity contribution in [2.24, 2.45) is 54.1 Å². The molecule has 0 atom stereocenters. The highest BCUT2D eigenvalue weighted by atomic mass is 15.2. The highest BCUT2D eigenvalue weighted by molar-refractivity contribution is 7.00. The second-order valence-corrected chi connectivity index (χ2v) is 51.2. The Balaban J connectivity index is 1.12. The van der Waals surface area contributed by atoms with Gasteiger partial charge >= 0.3 is 0 Å². The predicted molar refractivity (Wildman–Crippen MR) is 601 cm³/mol. The van der Waals surface area contributed by atoms with E-state index in [4.69, 9.17) is 0 Å². The molecule has 0 bridgehead atoms. The summed E-state index contributed by atoms with van der Waals surface area (Å²) in [5.41, 5.74) is 16.8. The molecule has 0 amide bonds. The molecular weight excluding hydrogens is 1650 g/mol. The van der Waals surface area contributed by atoms with E-state index in [1.807, 2.05) is 312 Å². The van der Waals surface area contributed by atoms with Crippen LogP contribution in [0.5, 0.6) is 0 Å². The average molecular weight is 1830 g/mol. The van der Waals surface area contributed by atoms with E-state index in [-0.39, 0.29) is 10.8 Å². The number of fused-ring (bicyclic) bond motifs is 10. The Morgan fingerprint density at radius 2 is 0.482 bits per heavy atom. The van der Waals surface area contributed by atoms with Gasteiger partial charge in [0.25, 0.3) is 6.71 Å². The van der Waals surface area contributed by atoms with Crippen LogP contribution in [0.1, 0.15) is 312 Å². The van der Waals surface area contributed by atoms with Crippen molar-refractivity contribution in [1.82, 2.24) is 9.13 Å². The molecule has 2 aliphatic heterocycles. The van der Waals surface area contributed by atoms with Crippen LogP contribution in [0.3, 0.4) is 0 Å². The number of anilines is 6. The number of benzene rings is 13. The van der Waals surface area contributed by atoms with Crippen LogP contribution in [-0.4, -0.2) is 15.8 Å². The molecule has 710 valence electrons. The first-order valence-corrected chi connectivity index (χ1v) is 49.9. The summed E-state index contributed by atoms with van der Waals surface area (Å²) < 4.78 is 165. The Hall–Kier alpha value is -10.9. The fourth-order valence-electron chi connectivity index (χ4n) is 20.7. The molecular formula is C132H159BN4. The van der Waals surface area contributed by atoms with Gasteiger partial charge in [-0.05, 0) is 344 Å². The summed E-state index contributed by atoms with van der Waals surface area (Å²) in [5.74, 6) is 0. The Labute approximate surface area is 848 Å². The van der Waals surface area contributed by atoms with E-state index >= 15 is 0 Å². The van der Waals surface area contributed by atoms with Gasteiger partial charge in [-0.2, -0.15) is 0 Å². The number of rotatable bonds is 18. The highest BCUT2D eigenvalue weighted by Gasteiger charge is 2.47. The molecule has 137 heavy (non-hydrogen) atoms. The van der Waals surface area contributed by atoms with Crippen molar-refractivity contribution >= 4 is 101 Å². The van der Waals surface area contributed by atoms with Crippen LogP contribution < -0.4 is 26.2 Å². The molecule has 13 aromatic carbocycles. The molecule has 0 aliphatic carbocycles. The minimum absolute atomic E-state index is 0.351. The molecule has 5 heteroatoms. The lowest BCUT2D eigenvalue weighted by atomic mass is 9.33. The van der Waals surface area contributed by atoms with Crippen LogP contribution in [-0.2, 0) is 69.2 Å². The topological polar surface area (TPSA) is 16.3 Å². The number of hydrogen-bond acceptors (Lipinski definition) is 2. The lowest BCUT2D eigenvalue weighted by Crippen LogP contribution is -2.61. The van der Waals surface area contributed by atoms with E-state index in [2.05, 4.69) is 178 Å². The van der Waals surface area contributed by atoms with E-state index in [9.17, 15) is 21.9 Å². The van der Waals surface area contributed by atoms with Crippen LogP contribution >= 0.6 is 0 Å². The van der Waals surface area contributed by atoms with Crippen LogP contribution in [0, 0.1) is 54.1 Å². The summed E-state index contributed by atoms with van der Waals surface area (Å²) in [4.78, 5) is 4.92. The van der Waals surface area contributed by atoms with Crippen LogP contribution in [0.25, 0.3) is 99.5 Å². The average Bonchev–Trinajstić information content (AvgIpc) is 1.21. The number of nitrogens with zero attached hydrogens (tertiary/aromatic N) is 4. The van der Waals surface area contributed by atoms with Gasteiger partial charge in [-0.15, -0.1) is 0 Å². The summed E-state index contributed by atoms with van der Waals surface area (Å²) in [5, 5.41) is 2.95. The molecule has 0 radical (unpaired) electrons. The van der Waals surface area contributed by atoms with Gasteiger partial charge < -0.3 is 18.9 Å². The van der Waals surface area contributed by atoms with Crippen LogP contribution in [0.4, 0.5) is 34.1 Å². The van der Waals surface area contributed by atoms with Crippen molar-refractivity contribution < 1.29 is 21.9 Å². The lowest BCUT2D eigenvalue weighted by Gasteiger charge is -2.46. The smallest absolute Gasteiger partial charge is 0.252 e. The molecule has 4 heterocycles. The minimum atomic E-state index is -1.87. The highest BCUT2D eigenvalue weighted by Crippen LogP contribution is 2.55. The second kappa shape index (κ2) is 35.2. The maximum absolute atomic E-state index is 10.2. The summed E-state index contributed by atoms with van der Waals surface area (Å²) >= 11 is 0. The molecule has 0 N–H and O–H groups in total. The zero-order chi connectivity index (χ0) is 113. The lowest BCUT2D eigenvalue weighted by molar-refractivity contribution is 0.410. The molecule has 0 saturated heterocycles. The van der Waals surface area contributed by atoms with E-state index < -0.39 is 106 Å². The SMILES string of the molecule is [2H]C([2H])(c1cccc(-c2cc(N3c4cc(-n5c6ccc(C([2H])([2H])C(C)(C)C)cc6c6cc(C([2H])([2H])C(C)(C)C)ccc65)ccc4B4c5ccc(-n6c7ccc(C([2H])([2H])C(C)(C)C)cc7c7cc(C([2H])([2H])C(C)(C)C)ccc76)cc5N(c5cc(-c6cccc(C([2H])([2H])C(C)(C)C)c6)c(CC(C)(C)C)cc5-c5cccc(C([2H])([2H])C(C)(C)C)c5)c5cc(C(C)(C)C)cc3c54)c(-c3cccc(C([2H])([2H])C(C)(C)C)c3)cc2CC(C)(C)C)c1)C(C)(C)C. The van der Waals surface area contributed by atoms with Crippen molar-refractivity contribution in [2.45, 2.75) is 298 Å². The fraction of sp³-hybridized carbons (Fsp3) is 0.409. The Bertz CT molecular complexity index is 7400. The summed E-state index contributed by atoms with van der Waals surface area (Å²) in [6, 6.07) is 83.3. The van der Waals surface area contributed by atoms with Crippen LogP contribution in [0.2, 0.25) is 0 Å². The first kappa shape index (κ1) is 79.0. The van der Waals surface area contributed by atoms with E-state index in [1.165, 1.54) is 0 Å². The van der Waals surface area contributed by atoms with E-state index in [0.717, 1.165) is 167 Å². The normalized spacial score (nSPS) is 16.4. The predicted octanol–water partition coefficient (Wildman–Crippen LogP) is 35.8. The van der Waals surface area contributed by atoms with Crippen molar-refractivity contribution in [2.75, 3.05) is 9.80 Å². The number of hydrogen-bond donors (Lipinski definition) is 0. The molecule has 0 unspecified atom stereocenters. The van der Waals surface area contributed by atoms with Gasteiger partial charge in [-0.1, -0.05) is 362 Å². The first-order chi connectivity index (χ1) is 69.9. The minimum Gasteiger partial charge on any atom is -0.311 e. The Kier molecular flexibility index (Phi) is 20.3. The molecule has 0 saturated carbocycles. The van der Waals surface area contributed by atoms with Crippen LogP contribution in [0.15, 0.2) is 243 Å². The molecule has 0 spiro atoms. The van der Waals surface area contributed by atoms with Gasteiger partial charge in [0.2, 0.25) is 0 Å². The van der Waals surface area contributed by atoms with Gasteiger partial charge in [0.1, 0.15) is 0 Å². The van der Waals surface area contributed by atoms with Gasteiger partial charge in [0.15, 0.2) is 0 Å². The third-order valence-corrected chi connectivity index (χ3v) is 25.2. The molecule has 2 aliphatic rings. The Morgan fingerprint density at radius 3 is 0.730 bits per heavy atom. The molecule has 17 rings (SSSR count). The second-order valence-electron chi connectivity index (χ2n) is 51.2. The summed E-state index contributed by atoms with van der Waals surface area (Å²) in [6.45, 7) is 65.8. The monoisotopic (exact) mass is 1830 g/mol.